The smallest absolute Gasteiger partial charge is 0.336 e. The second-order valence-corrected chi connectivity index (χ2v) is 8.16. The first-order chi connectivity index (χ1) is 14.3. The van der Waals surface area contributed by atoms with Crippen LogP contribution in [0, 0.1) is 11.8 Å². The number of carbonyl (C=O) groups is 3. The van der Waals surface area contributed by atoms with Gasteiger partial charge in [0, 0.05) is 27.9 Å². The first kappa shape index (κ1) is 22.1. The number of ketones is 1. The third kappa shape index (κ3) is 4.01. The average molecular weight is 432 g/mol. The molecule has 160 valence electrons. The van der Waals surface area contributed by atoms with Gasteiger partial charge < -0.3 is 14.8 Å². The van der Waals surface area contributed by atoms with Gasteiger partial charge in [-0.1, -0.05) is 37.6 Å². The predicted octanol–water partition coefficient (Wildman–Crippen LogP) is 3.91. The van der Waals surface area contributed by atoms with Crippen molar-refractivity contribution in [2.24, 2.45) is 11.8 Å². The number of halogens is 1. The number of rotatable bonds is 5. The lowest BCUT2D eigenvalue weighted by atomic mass is 9.69. The van der Waals surface area contributed by atoms with Gasteiger partial charge in [-0.05, 0) is 43.4 Å². The molecule has 7 heteroatoms. The molecular weight excluding hydrogens is 406 g/mol. The lowest BCUT2D eigenvalue weighted by Crippen LogP contribution is -2.43. The second kappa shape index (κ2) is 9.04. The van der Waals surface area contributed by atoms with Crippen LogP contribution >= 0.6 is 11.6 Å². The first-order valence-electron chi connectivity index (χ1n) is 10.1. The molecule has 1 aromatic rings. The van der Waals surface area contributed by atoms with Crippen LogP contribution in [0.5, 0.6) is 0 Å². The van der Waals surface area contributed by atoms with Crippen LogP contribution in [-0.4, -0.2) is 31.4 Å². The monoisotopic (exact) mass is 431 g/mol. The molecule has 0 fully saturated rings. The molecule has 30 heavy (non-hydrogen) atoms. The van der Waals surface area contributed by atoms with Crippen LogP contribution in [0.15, 0.2) is 46.8 Å². The highest BCUT2D eigenvalue weighted by Gasteiger charge is 2.47. The molecule has 1 heterocycles. The highest BCUT2D eigenvalue weighted by atomic mass is 35.5. The molecule has 0 spiro atoms. The van der Waals surface area contributed by atoms with Gasteiger partial charge in [-0.2, -0.15) is 0 Å². The summed E-state index contributed by atoms with van der Waals surface area (Å²) in [5, 5.41) is 3.72. The Morgan fingerprint density at radius 1 is 1.30 bits per heavy atom. The standard InChI is InChI=1S/C23H26ClNO5/c1-5-9-30-23(28)18-13(3)25-16-10-12(2)17(22(27)29-4)21(26)20(16)19(18)14-7-6-8-15(24)11-14/h6-8,11-12,17,19,25H,5,9-10H2,1-4H3/t12-,17+,19+/m0/s1. The van der Waals surface area contributed by atoms with Crippen molar-refractivity contribution >= 4 is 29.3 Å². The van der Waals surface area contributed by atoms with Crippen molar-refractivity contribution in [3.63, 3.8) is 0 Å². The molecule has 3 rings (SSSR count). The SMILES string of the molecule is CCCOC(=O)C1=C(C)NC2=C(C(=O)[C@H](C(=O)OC)[C@@H](C)C2)[C@@H]1c1cccc(Cl)c1. The van der Waals surface area contributed by atoms with Crippen molar-refractivity contribution < 1.29 is 23.9 Å². The molecule has 0 amide bonds. The van der Waals surface area contributed by atoms with Crippen molar-refractivity contribution in [2.75, 3.05) is 13.7 Å². The maximum absolute atomic E-state index is 13.5. The fourth-order valence-electron chi connectivity index (χ4n) is 4.24. The molecule has 0 saturated carbocycles. The molecule has 0 saturated heterocycles. The molecule has 2 aliphatic rings. The predicted molar refractivity (Wildman–Crippen MR) is 113 cm³/mol. The van der Waals surface area contributed by atoms with Crippen molar-refractivity contribution in [3.8, 4) is 0 Å². The van der Waals surface area contributed by atoms with E-state index in [4.69, 9.17) is 21.1 Å². The molecular formula is C23H26ClNO5. The van der Waals surface area contributed by atoms with E-state index in [0.717, 1.165) is 5.70 Å². The van der Waals surface area contributed by atoms with E-state index in [9.17, 15) is 14.4 Å². The highest BCUT2D eigenvalue weighted by Crippen LogP contribution is 2.45. The number of Topliss-reactive ketones (excluding diaryl/α,β-unsaturated/α-hetero) is 1. The molecule has 0 aromatic heterocycles. The van der Waals surface area contributed by atoms with Crippen molar-refractivity contribution in [2.45, 2.75) is 39.5 Å². The fraction of sp³-hybridized carbons (Fsp3) is 0.435. The third-order valence-electron chi connectivity index (χ3n) is 5.58. The van der Waals surface area contributed by atoms with Crippen LogP contribution in [0.3, 0.4) is 0 Å². The fourth-order valence-corrected chi connectivity index (χ4v) is 4.44. The number of ether oxygens (including phenoxy) is 2. The van der Waals surface area contributed by atoms with Gasteiger partial charge in [-0.15, -0.1) is 0 Å². The summed E-state index contributed by atoms with van der Waals surface area (Å²) in [6, 6.07) is 7.07. The molecule has 0 bridgehead atoms. The van der Waals surface area contributed by atoms with E-state index >= 15 is 0 Å². The zero-order valence-corrected chi connectivity index (χ0v) is 18.3. The van der Waals surface area contributed by atoms with Crippen LogP contribution in [0.1, 0.15) is 45.1 Å². The summed E-state index contributed by atoms with van der Waals surface area (Å²) in [6.07, 6.45) is 1.18. The maximum Gasteiger partial charge on any atom is 0.336 e. The molecule has 1 N–H and O–H groups in total. The number of hydrogen-bond acceptors (Lipinski definition) is 6. The largest absolute Gasteiger partial charge is 0.468 e. The lowest BCUT2D eigenvalue weighted by Gasteiger charge is -2.38. The summed E-state index contributed by atoms with van der Waals surface area (Å²) in [4.78, 5) is 38.9. The average Bonchev–Trinajstić information content (AvgIpc) is 2.70. The molecule has 1 aromatic carbocycles. The van der Waals surface area contributed by atoms with E-state index in [2.05, 4.69) is 5.32 Å². The highest BCUT2D eigenvalue weighted by molar-refractivity contribution is 6.30. The maximum atomic E-state index is 13.5. The van der Waals surface area contributed by atoms with E-state index in [0.29, 0.717) is 40.3 Å². The molecule has 1 aliphatic carbocycles. The summed E-state index contributed by atoms with van der Waals surface area (Å²) in [5.41, 5.74) is 2.82. The number of allylic oxidation sites excluding steroid dienone is 3. The van der Waals surface area contributed by atoms with Gasteiger partial charge in [0.2, 0.25) is 0 Å². The second-order valence-electron chi connectivity index (χ2n) is 7.73. The summed E-state index contributed by atoms with van der Waals surface area (Å²) in [7, 11) is 1.28. The van der Waals surface area contributed by atoms with Crippen molar-refractivity contribution in [1.29, 1.82) is 0 Å². The number of carbonyl (C=O) groups excluding carboxylic acids is 3. The Bertz CT molecular complexity index is 949. The normalized spacial score (nSPS) is 23.6. The van der Waals surface area contributed by atoms with Crippen molar-refractivity contribution in [3.05, 3.63) is 57.4 Å². The number of benzene rings is 1. The zero-order valence-electron chi connectivity index (χ0n) is 17.6. The minimum atomic E-state index is -0.913. The minimum Gasteiger partial charge on any atom is -0.468 e. The summed E-state index contributed by atoms with van der Waals surface area (Å²) < 4.78 is 10.3. The summed E-state index contributed by atoms with van der Waals surface area (Å²) >= 11 is 6.22. The number of hydrogen-bond donors (Lipinski definition) is 1. The van der Waals surface area contributed by atoms with Crippen molar-refractivity contribution in [1.82, 2.24) is 5.32 Å². The molecule has 0 radical (unpaired) electrons. The molecule has 3 atom stereocenters. The van der Waals surface area contributed by atoms with E-state index in [1.54, 1.807) is 25.1 Å². The van der Waals surface area contributed by atoms with Gasteiger partial charge in [0.15, 0.2) is 5.78 Å². The Hall–Kier alpha value is -2.60. The Kier molecular flexibility index (Phi) is 6.66. The molecule has 6 nitrogen and oxygen atoms in total. The molecule has 0 unspecified atom stereocenters. The number of nitrogens with one attached hydrogen (secondary N) is 1. The van der Waals surface area contributed by atoms with E-state index < -0.39 is 23.8 Å². The topological polar surface area (TPSA) is 81.7 Å². The van der Waals surface area contributed by atoms with Gasteiger partial charge in [-0.25, -0.2) is 4.79 Å². The van der Waals surface area contributed by atoms with E-state index in [1.807, 2.05) is 19.9 Å². The Balaban J connectivity index is 2.16. The van der Waals surface area contributed by atoms with Gasteiger partial charge in [0.1, 0.15) is 5.92 Å². The Morgan fingerprint density at radius 3 is 2.67 bits per heavy atom. The number of dihydropyridines is 1. The third-order valence-corrected chi connectivity index (χ3v) is 5.82. The van der Waals surface area contributed by atoms with Gasteiger partial charge in [0.05, 0.1) is 19.3 Å². The van der Waals surface area contributed by atoms with Gasteiger partial charge >= 0.3 is 11.9 Å². The van der Waals surface area contributed by atoms with E-state index in [-0.39, 0.29) is 18.3 Å². The van der Waals surface area contributed by atoms with Crippen LogP contribution in [0.25, 0.3) is 0 Å². The van der Waals surface area contributed by atoms with Crippen LogP contribution in [0.4, 0.5) is 0 Å². The van der Waals surface area contributed by atoms with Gasteiger partial charge in [-0.3, -0.25) is 9.59 Å². The Labute approximate surface area is 181 Å². The quantitative estimate of drug-likeness (QED) is 0.562. The minimum absolute atomic E-state index is 0.224. The van der Waals surface area contributed by atoms with Gasteiger partial charge in [0.25, 0.3) is 0 Å². The Morgan fingerprint density at radius 2 is 2.03 bits per heavy atom. The number of methoxy groups -OCH3 is 1. The lowest BCUT2D eigenvalue weighted by molar-refractivity contribution is -0.151. The first-order valence-corrected chi connectivity index (χ1v) is 10.4. The van der Waals surface area contributed by atoms with Crippen LogP contribution in [-0.2, 0) is 23.9 Å². The van der Waals surface area contributed by atoms with Crippen LogP contribution < -0.4 is 5.32 Å². The number of esters is 2. The van der Waals surface area contributed by atoms with Crippen LogP contribution in [0.2, 0.25) is 5.02 Å². The summed E-state index contributed by atoms with van der Waals surface area (Å²) in [5.74, 6) is -3.19. The molecule has 1 aliphatic heterocycles. The zero-order chi connectivity index (χ0) is 22.0. The van der Waals surface area contributed by atoms with E-state index in [1.165, 1.54) is 7.11 Å². The summed E-state index contributed by atoms with van der Waals surface area (Å²) in [6.45, 7) is 5.84.